The number of thiophene rings is 1. The molecule has 0 spiro atoms. The van der Waals surface area contributed by atoms with Gasteiger partial charge in [0, 0.05) is 23.3 Å². The average molecular weight is 557 g/mol. The van der Waals surface area contributed by atoms with Gasteiger partial charge in [0.15, 0.2) is 0 Å². The zero-order valence-electron chi connectivity index (χ0n) is 17.4. The number of anilines is 2. The van der Waals surface area contributed by atoms with Crippen molar-refractivity contribution in [1.29, 1.82) is 0 Å². The standard InChI is InChI=1S/C22H25FIN3O3S/c1-22(2)9-14-17(19(28)25-10-13-4-3-7-30-13)21(31-18(14)20(29)26-11-22)27-16-6-5-12(24)8-15(16)23/h5-6,8,13,27H,3-4,7,9-11H2,1-2H3,(H,25,28)(H,26,29). The van der Waals surface area contributed by atoms with Crippen molar-refractivity contribution in [2.45, 2.75) is 39.2 Å². The van der Waals surface area contributed by atoms with Crippen LogP contribution >= 0.6 is 33.9 Å². The van der Waals surface area contributed by atoms with E-state index in [1.165, 1.54) is 17.4 Å². The summed E-state index contributed by atoms with van der Waals surface area (Å²) in [4.78, 5) is 26.5. The number of carbonyl (C=O) groups excluding carboxylic acids is 2. The Morgan fingerprint density at radius 1 is 1.42 bits per heavy atom. The molecule has 9 heteroatoms. The third-order valence-corrected chi connectivity index (χ3v) is 7.33. The van der Waals surface area contributed by atoms with Gasteiger partial charge in [-0.15, -0.1) is 11.3 Å². The van der Waals surface area contributed by atoms with Crippen LogP contribution in [0.4, 0.5) is 15.1 Å². The smallest absolute Gasteiger partial charge is 0.261 e. The first-order valence-electron chi connectivity index (χ1n) is 10.3. The average Bonchev–Trinajstić information content (AvgIpc) is 3.32. The number of halogens is 2. The van der Waals surface area contributed by atoms with Crippen LogP contribution in [0.25, 0.3) is 0 Å². The number of amides is 2. The first kappa shape index (κ1) is 22.5. The van der Waals surface area contributed by atoms with E-state index < -0.39 is 5.82 Å². The van der Waals surface area contributed by atoms with Crippen LogP contribution in [0.3, 0.4) is 0 Å². The molecule has 6 nitrogen and oxygen atoms in total. The Hall–Kier alpha value is -1.72. The van der Waals surface area contributed by atoms with E-state index in [0.717, 1.165) is 16.4 Å². The van der Waals surface area contributed by atoms with E-state index in [1.807, 2.05) is 22.6 Å². The van der Waals surface area contributed by atoms with Gasteiger partial charge in [0.05, 0.1) is 22.2 Å². The molecule has 0 bridgehead atoms. The fourth-order valence-corrected chi connectivity index (χ4v) is 5.50. The summed E-state index contributed by atoms with van der Waals surface area (Å²) in [6, 6.07) is 4.85. The molecule has 3 heterocycles. The van der Waals surface area contributed by atoms with Crippen LogP contribution in [0.15, 0.2) is 18.2 Å². The quantitative estimate of drug-likeness (QED) is 0.475. The van der Waals surface area contributed by atoms with Crippen LogP contribution in [0.5, 0.6) is 0 Å². The molecule has 4 rings (SSSR count). The maximum absolute atomic E-state index is 14.5. The van der Waals surface area contributed by atoms with Crippen molar-refractivity contribution in [3.8, 4) is 0 Å². The summed E-state index contributed by atoms with van der Waals surface area (Å²) >= 11 is 3.24. The third kappa shape index (κ3) is 5.04. The second kappa shape index (κ2) is 9.03. The van der Waals surface area contributed by atoms with Crippen LogP contribution in [-0.2, 0) is 11.2 Å². The molecule has 1 atom stereocenters. The molecule has 2 aliphatic heterocycles. The lowest BCUT2D eigenvalue weighted by Gasteiger charge is -2.22. The van der Waals surface area contributed by atoms with Gasteiger partial charge in [0.25, 0.3) is 11.8 Å². The fraction of sp³-hybridized carbons (Fsp3) is 0.455. The van der Waals surface area contributed by atoms with Crippen molar-refractivity contribution in [3.63, 3.8) is 0 Å². The van der Waals surface area contributed by atoms with Crippen LogP contribution in [0.2, 0.25) is 0 Å². The molecular formula is C22H25FIN3O3S. The number of fused-ring (bicyclic) bond motifs is 1. The first-order valence-corrected chi connectivity index (χ1v) is 12.2. The van der Waals surface area contributed by atoms with Crippen LogP contribution < -0.4 is 16.0 Å². The molecule has 0 radical (unpaired) electrons. The predicted octanol–water partition coefficient (Wildman–Crippen LogP) is 4.46. The number of nitrogens with one attached hydrogen (secondary N) is 3. The van der Waals surface area contributed by atoms with Crippen LogP contribution in [0.1, 0.15) is 52.3 Å². The molecular weight excluding hydrogens is 532 g/mol. The SMILES string of the molecule is CC1(C)CNC(=O)c2sc(Nc3ccc(I)cc3F)c(C(=O)NCC3CCCO3)c2C1. The second-order valence-electron chi connectivity index (χ2n) is 8.73. The molecule has 2 amide bonds. The zero-order chi connectivity index (χ0) is 22.2. The lowest BCUT2D eigenvalue weighted by atomic mass is 9.85. The van der Waals surface area contributed by atoms with E-state index in [2.05, 4.69) is 29.8 Å². The van der Waals surface area contributed by atoms with Gasteiger partial charge in [0.1, 0.15) is 10.8 Å². The highest BCUT2D eigenvalue weighted by atomic mass is 127. The Labute approximate surface area is 198 Å². The van der Waals surface area contributed by atoms with Crippen molar-refractivity contribution in [2.24, 2.45) is 5.41 Å². The van der Waals surface area contributed by atoms with Gasteiger partial charge in [0.2, 0.25) is 0 Å². The Balaban J connectivity index is 1.71. The van der Waals surface area contributed by atoms with Gasteiger partial charge >= 0.3 is 0 Å². The Morgan fingerprint density at radius 3 is 2.94 bits per heavy atom. The van der Waals surface area contributed by atoms with Gasteiger partial charge in [-0.05, 0) is 71.0 Å². The number of ether oxygens (including phenoxy) is 1. The summed E-state index contributed by atoms with van der Waals surface area (Å²) in [5.74, 6) is -0.882. The molecule has 1 saturated heterocycles. The van der Waals surface area contributed by atoms with E-state index in [1.54, 1.807) is 12.1 Å². The predicted molar refractivity (Wildman–Crippen MR) is 128 cm³/mol. The minimum Gasteiger partial charge on any atom is -0.376 e. The normalized spacial score (nSPS) is 20.0. The molecule has 1 unspecified atom stereocenters. The highest BCUT2D eigenvalue weighted by Crippen LogP contribution is 2.40. The minimum atomic E-state index is -0.411. The van der Waals surface area contributed by atoms with E-state index in [0.29, 0.717) is 47.1 Å². The van der Waals surface area contributed by atoms with E-state index >= 15 is 0 Å². The molecule has 0 saturated carbocycles. The van der Waals surface area contributed by atoms with Gasteiger partial charge in [-0.3, -0.25) is 9.59 Å². The number of carbonyl (C=O) groups is 2. The molecule has 31 heavy (non-hydrogen) atoms. The summed E-state index contributed by atoms with van der Waals surface area (Å²) in [6.07, 6.45) is 2.47. The summed E-state index contributed by atoms with van der Waals surface area (Å²) in [5.41, 5.74) is 1.19. The number of hydrogen-bond donors (Lipinski definition) is 3. The number of hydrogen-bond acceptors (Lipinski definition) is 5. The molecule has 1 fully saturated rings. The topological polar surface area (TPSA) is 79.5 Å². The molecule has 1 aromatic heterocycles. The van der Waals surface area contributed by atoms with Gasteiger partial charge < -0.3 is 20.7 Å². The van der Waals surface area contributed by atoms with Gasteiger partial charge in [-0.2, -0.15) is 0 Å². The van der Waals surface area contributed by atoms with Gasteiger partial charge in [-0.1, -0.05) is 13.8 Å². The molecule has 166 valence electrons. The van der Waals surface area contributed by atoms with Gasteiger partial charge in [-0.25, -0.2) is 4.39 Å². The zero-order valence-corrected chi connectivity index (χ0v) is 20.4. The molecule has 2 aromatic rings. The van der Waals surface area contributed by atoms with Crippen molar-refractivity contribution in [3.05, 3.63) is 43.6 Å². The summed E-state index contributed by atoms with van der Waals surface area (Å²) < 4.78 is 20.9. The van der Waals surface area contributed by atoms with Crippen molar-refractivity contribution < 1.29 is 18.7 Å². The summed E-state index contributed by atoms with van der Waals surface area (Å²) in [6.45, 7) is 5.76. The Bertz CT molecular complexity index is 1020. The lowest BCUT2D eigenvalue weighted by molar-refractivity contribution is 0.0857. The largest absolute Gasteiger partial charge is 0.376 e. The molecule has 1 aromatic carbocycles. The van der Waals surface area contributed by atoms with E-state index in [9.17, 15) is 14.0 Å². The fourth-order valence-electron chi connectivity index (χ4n) is 3.90. The minimum absolute atomic E-state index is 0.00554. The van der Waals surface area contributed by atoms with E-state index in [-0.39, 0.29) is 29.0 Å². The highest BCUT2D eigenvalue weighted by molar-refractivity contribution is 14.1. The van der Waals surface area contributed by atoms with Crippen LogP contribution in [-0.4, -0.2) is 37.6 Å². The van der Waals surface area contributed by atoms with Crippen molar-refractivity contribution in [1.82, 2.24) is 10.6 Å². The maximum Gasteiger partial charge on any atom is 0.261 e. The van der Waals surface area contributed by atoms with Crippen molar-refractivity contribution in [2.75, 3.05) is 25.0 Å². The van der Waals surface area contributed by atoms with E-state index in [4.69, 9.17) is 4.74 Å². The summed E-state index contributed by atoms with van der Waals surface area (Å²) in [7, 11) is 0. The highest BCUT2D eigenvalue weighted by Gasteiger charge is 2.34. The monoisotopic (exact) mass is 557 g/mol. The number of benzene rings is 1. The Morgan fingerprint density at radius 2 is 2.23 bits per heavy atom. The third-order valence-electron chi connectivity index (χ3n) is 5.52. The van der Waals surface area contributed by atoms with Crippen molar-refractivity contribution >= 4 is 56.4 Å². The Kier molecular flexibility index (Phi) is 6.55. The lowest BCUT2D eigenvalue weighted by Crippen LogP contribution is -2.33. The molecule has 2 aliphatic rings. The first-order chi connectivity index (χ1) is 14.7. The summed E-state index contributed by atoms with van der Waals surface area (Å²) in [5, 5.41) is 9.46. The molecule has 3 N–H and O–H groups in total. The molecule has 0 aliphatic carbocycles. The second-order valence-corrected chi connectivity index (χ2v) is 11.0. The number of rotatable bonds is 5. The van der Waals surface area contributed by atoms with Crippen LogP contribution in [0, 0.1) is 14.8 Å². The maximum atomic E-state index is 14.5.